The Labute approximate surface area is 131 Å². The largest absolute Gasteiger partial charge is 0.416 e. The maximum Gasteiger partial charge on any atom is 0.416 e. The zero-order chi connectivity index (χ0) is 17.0. The second kappa shape index (κ2) is 6.82. The monoisotopic (exact) mass is 326 g/mol. The van der Waals surface area contributed by atoms with Gasteiger partial charge in [0.2, 0.25) is 5.91 Å². The molecular formula is C15H17F3N4O. The van der Waals surface area contributed by atoms with Crippen LogP contribution >= 0.6 is 0 Å². The molecule has 0 spiro atoms. The van der Waals surface area contributed by atoms with Crippen LogP contribution in [0, 0.1) is 0 Å². The number of rotatable bonds is 5. The molecule has 2 N–H and O–H groups in total. The van der Waals surface area contributed by atoms with E-state index in [0.29, 0.717) is 5.56 Å². The number of hydrogen-bond acceptors (Lipinski definition) is 3. The van der Waals surface area contributed by atoms with E-state index in [1.165, 1.54) is 24.4 Å². The van der Waals surface area contributed by atoms with Crippen molar-refractivity contribution in [1.29, 1.82) is 0 Å². The quantitative estimate of drug-likeness (QED) is 0.884. The summed E-state index contributed by atoms with van der Waals surface area (Å²) in [6.45, 7) is -0.201. The van der Waals surface area contributed by atoms with Crippen LogP contribution in [0.3, 0.4) is 0 Å². The third-order valence-corrected chi connectivity index (χ3v) is 3.38. The molecule has 0 fully saturated rings. The second-order valence-electron chi connectivity index (χ2n) is 5.04. The van der Waals surface area contributed by atoms with Crippen molar-refractivity contribution in [2.45, 2.75) is 18.8 Å². The molecule has 0 saturated carbocycles. The van der Waals surface area contributed by atoms with Gasteiger partial charge in [-0.3, -0.25) is 9.48 Å². The Kier molecular flexibility index (Phi) is 5.05. The highest BCUT2D eigenvalue weighted by Gasteiger charge is 2.33. The van der Waals surface area contributed by atoms with E-state index < -0.39 is 23.7 Å². The van der Waals surface area contributed by atoms with Crippen molar-refractivity contribution >= 4 is 5.91 Å². The van der Waals surface area contributed by atoms with Gasteiger partial charge in [-0.25, -0.2) is 0 Å². The lowest BCUT2D eigenvalue weighted by Gasteiger charge is -2.17. The SMILES string of the molecule is CNC(C(=O)NCc1ccccc1C(F)(F)F)c1cnn(C)c1. The highest BCUT2D eigenvalue weighted by Crippen LogP contribution is 2.31. The molecule has 1 amide bonds. The number of aryl methyl sites for hydroxylation is 1. The molecule has 1 aromatic heterocycles. The average Bonchev–Trinajstić information content (AvgIpc) is 2.91. The van der Waals surface area contributed by atoms with Crippen LogP contribution in [0.5, 0.6) is 0 Å². The Balaban J connectivity index is 2.10. The Morgan fingerprint density at radius 2 is 2.04 bits per heavy atom. The van der Waals surface area contributed by atoms with E-state index in [2.05, 4.69) is 15.7 Å². The minimum Gasteiger partial charge on any atom is -0.350 e. The van der Waals surface area contributed by atoms with Gasteiger partial charge in [-0.2, -0.15) is 18.3 Å². The van der Waals surface area contributed by atoms with E-state index in [1.54, 1.807) is 25.0 Å². The molecule has 2 rings (SSSR count). The Morgan fingerprint density at radius 1 is 1.35 bits per heavy atom. The lowest BCUT2D eigenvalue weighted by molar-refractivity contribution is -0.138. The number of hydrogen-bond donors (Lipinski definition) is 2. The van der Waals surface area contributed by atoms with Crippen molar-refractivity contribution in [3.05, 3.63) is 53.3 Å². The van der Waals surface area contributed by atoms with E-state index >= 15 is 0 Å². The molecular weight excluding hydrogens is 309 g/mol. The van der Waals surface area contributed by atoms with Gasteiger partial charge in [0.05, 0.1) is 11.8 Å². The third kappa shape index (κ3) is 4.10. The molecule has 0 aliphatic heterocycles. The number of alkyl halides is 3. The minimum absolute atomic E-state index is 0.0226. The number of benzene rings is 1. The van der Waals surface area contributed by atoms with Crippen LogP contribution < -0.4 is 10.6 Å². The molecule has 1 atom stereocenters. The standard InChI is InChI=1S/C15H17F3N4O/c1-19-13(11-8-21-22(2)9-11)14(23)20-7-10-5-3-4-6-12(10)15(16,17)18/h3-6,8-9,13,19H,7H2,1-2H3,(H,20,23). The number of aromatic nitrogens is 2. The van der Waals surface area contributed by atoms with Crippen LogP contribution in [0.25, 0.3) is 0 Å². The fourth-order valence-electron chi connectivity index (χ4n) is 2.27. The molecule has 1 heterocycles. The Morgan fingerprint density at radius 3 is 2.61 bits per heavy atom. The van der Waals surface area contributed by atoms with Gasteiger partial charge < -0.3 is 10.6 Å². The van der Waals surface area contributed by atoms with Crippen molar-refractivity contribution < 1.29 is 18.0 Å². The maximum atomic E-state index is 12.9. The summed E-state index contributed by atoms with van der Waals surface area (Å²) < 4.78 is 40.3. The highest BCUT2D eigenvalue weighted by molar-refractivity contribution is 5.83. The summed E-state index contributed by atoms with van der Waals surface area (Å²) in [6, 6.07) is 4.49. The summed E-state index contributed by atoms with van der Waals surface area (Å²) in [5.74, 6) is -0.419. The number of carbonyl (C=O) groups is 1. The fourth-order valence-corrected chi connectivity index (χ4v) is 2.27. The average molecular weight is 326 g/mol. The first-order chi connectivity index (χ1) is 10.8. The summed E-state index contributed by atoms with van der Waals surface area (Å²) in [5.41, 5.74) is -0.0892. The molecule has 124 valence electrons. The van der Waals surface area contributed by atoms with Crippen LogP contribution in [-0.4, -0.2) is 22.7 Å². The van der Waals surface area contributed by atoms with E-state index in [1.807, 2.05) is 0 Å². The number of nitrogens with one attached hydrogen (secondary N) is 2. The van der Waals surface area contributed by atoms with Crippen molar-refractivity contribution in [3.8, 4) is 0 Å². The van der Waals surface area contributed by atoms with E-state index in [9.17, 15) is 18.0 Å². The highest BCUT2D eigenvalue weighted by atomic mass is 19.4. The van der Waals surface area contributed by atoms with Crippen LogP contribution in [0.15, 0.2) is 36.7 Å². The van der Waals surface area contributed by atoms with Gasteiger partial charge in [0, 0.05) is 25.4 Å². The Bertz CT molecular complexity index is 681. The predicted molar refractivity (Wildman–Crippen MR) is 78.3 cm³/mol. The number of carbonyl (C=O) groups excluding carboxylic acids is 1. The first-order valence-corrected chi connectivity index (χ1v) is 6.91. The zero-order valence-electron chi connectivity index (χ0n) is 12.7. The van der Waals surface area contributed by atoms with Gasteiger partial charge in [-0.05, 0) is 18.7 Å². The first-order valence-electron chi connectivity index (χ1n) is 6.91. The van der Waals surface area contributed by atoms with E-state index in [-0.39, 0.29) is 12.1 Å². The Hall–Kier alpha value is -2.35. The van der Waals surface area contributed by atoms with Crippen LogP contribution in [0.1, 0.15) is 22.7 Å². The van der Waals surface area contributed by atoms with Crippen LogP contribution in [0.2, 0.25) is 0 Å². The molecule has 0 bridgehead atoms. The van der Waals surface area contributed by atoms with Gasteiger partial charge in [0.25, 0.3) is 0 Å². The van der Waals surface area contributed by atoms with Gasteiger partial charge in [-0.1, -0.05) is 18.2 Å². The molecule has 0 aliphatic rings. The van der Waals surface area contributed by atoms with Gasteiger partial charge >= 0.3 is 6.18 Å². The number of halogens is 3. The molecule has 23 heavy (non-hydrogen) atoms. The minimum atomic E-state index is -4.45. The number of likely N-dealkylation sites (N-methyl/N-ethyl adjacent to an activating group) is 1. The van der Waals surface area contributed by atoms with E-state index in [0.717, 1.165) is 6.07 Å². The zero-order valence-corrected chi connectivity index (χ0v) is 12.7. The number of amides is 1. The smallest absolute Gasteiger partial charge is 0.350 e. The predicted octanol–water partition coefficient (Wildman–Crippen LogP) is 2.02. The summed E-state index contributed by atoms with van der Waals surface area (Å²) in [5, 5.41) is 9.34. The van der Waals surface area contributed by atoms with Crippen LogP contribution in [-0.2, 0) is 24.6 Å². The molecule has 5 nitrogen and oxygen atoms in total. The normalized spacial score (nSPS) is 12.9. The molecule has 0 radical (unpaired) electrons. The molecule has 8 heteroatoms. The van der Waals surface area contributed by atoms with Crippen molar-refractivity contribution in [3.63, 3.8) is 0 Å². The van der Waals surface area contributed by atoms with Crippen molar-refractivity contribution in [1.82, 2.24) is 20.4 Å². The molecule has 0 aliphatic carbocycles. The molecule has 0 saturated heterocycles. The lowest BCUT2D eigenvalue weighted by atomic mass is 10.1. The van der Waals surface area contributed by atoms with Crippen LogP contribution in [0.4, 0.5) is 13.2 Å². The number of nitrogens with zero attached hydrogens (tertiary/aromatic N) is 2. The summed E-state index contributed by atoms with van der Waals surface area (Å²) >= 11 is 0. The second-order valence-corrected chi connectivity index (χ2v) is 5.04. The topological polar surface area (TPSA) is 59.0 Å². The van der Waals surface area contributed by atoms with Crippen molar-refractivity contribution in [2.24, 2.45) is 7.05 Å². The molecule has 1 aromatic carbocycles. The van der Waals surface area contributed by atoms with Gasteiger partial charge in [0.15, 0.2) is 0 Å². The molecule has 2 aromatic rings. The van der Waals surface area contributed by atoms with Gasteiger partial charge in [-0.15, -0.1) is 0 Å². The van der Waals surface area contributed by atoms with Gasteiger partial charge in [0.1, 0.15) is 6.04 Å². The first kappa shape index (κ1) is 17.0. The summed E-state index contributed by atoms with van der Waals surface area (Å²) in [6.07, 6.45) is -1.25. The summed E-state index contributed by atoms with van der Waals surface area (Å²) in [4.78, 5) is 12.2. The third-order valence-electron chi connectivity index (χ3n) is 3.38. The van der Waals surface area contributed by atoms with E-state index in [4.69, 9.17) is 0 Å². The lowest BCUT2D eigenvalue weighted by Crippen LogP contribution is -2.35. The molecule has 1 unspecified atom stereocenters. The van der Waals surface area contributed by atoms with Crippen molar-refractivity contribution in [2.75, 3.05) is 7.05 Å². The fraction of sp³-hybridized carbons (Fsp3) is 0.333. The summed E-state index contributed by atoms with van der Waals surface area (Å²) in [7, 11) is 3.31. The maximum absolute atomic E-state index is 12.9.